The molecule has 2 heterocycles. The summed E-state index contributed by atoms with van der Waals surface area (Å²) in [5.74, 6) is 0.306. The molecule has 2 aromatic carbocycles. The minimum absolute atomic E-state index is 0.112. The molecule has 0 bridgehead atoms. The predicted octanol–water partition coefficient (Wildman–Crippen LogP) is 4.61. The molecule has 0 aliphatic heterocycles. The number of rotatable bonds is 6. The maximum absolute atomic E-state index is 13.2. The average molecular weight is 407 g/mol. The summed E-state index contributed by atoms with van der Waals surface area (Å²) in [6.07, 6.45) is 3.55. The second-order valence-corrected chi connectivity index (χ2v) is 7.48. The largest absolute Gasteiger partial charge is 0.497 e. The van der Waals surface area contributed by atoms with Crippen molar-refractivity contribution in [1.82, 2.24) is 9.97 Å². The van der Waals surface area contributed by atoms with E-state index in [1.54, 1.807) is 36.5 Å². The summed E-state index contributed by atoms with van der Waals surface area (Å²) in [4.78, 5) is 23.5. The van der Waals surface area contributed by atoms with Crippen LogP contribution in [0.3, 0.4) is 0 Å². The summed E-state index contributed by atoms with van der Waals surface area (Å²) in [6, 6.07) is 15.3. The maximum atomic E-state index is 13.2. The van der Waals surface area contributed by atoms with E-state index < -0.39 is 0 Å². The summed E-state index contributed by atoms with van der Waals surface area (Å²) < 4.78 is 19.4. The Morgan fingerprint density at radius 2 is 1.83 bits per heavy atom. The lowest BCUT2D eigenvalue weighted by Gasteiger charge is -2.20. The van der Waals surface area contributed by atoms with Gasteiger partial charge in [0.15, 0.2) is 5.13 Å². The molecule has 7 heteroatoms. The highest BCUT2D eigenvalue weighted by molar-refractivity contribution is 7.22. The van der Waals surface area contributed by atoms with Crippen LogP contribution >= 0.6 is 11.3 Å². The zero-order chi connectivity index (χ0) is 20.2. The van der Waals surface area contributed by atoms with Gasteiger partial charge in [0.25, 0.3) is 0 Å². The van der Waals surface area contributed by atoms with Crippen LogP contribution in [0.2, 0.25) is 0 Å². The highest BCUT2D eigenvalue weighted by Gasteiger charge is 2.21. The Hall–Kier alpha value is -3.32. The Bertz CT molecular complexity index is 1130. The van der Waals surface area contributed by atoms with Crippen LogP contribution in [-0.4, -0.2) is 23.0 Å². The zero-order valence-electron chi connectivity index (χ0n) is 15.7. The van der Waals surface area contributed by atoms with Crippen LogP contribution in [0.25, 0.3) is 10.2 Å². The van der Waals surface area contributed by atoms with Crippen LogP contribution in [-0.2, 0) is 17.8 Å². The van der Waals surface area contributed by atoms with Crippen molar-refractivity contribution in [1.29, 1.82) is 0 Å². The van der Waals surface area contributed by atoms with Gasteiger partial charge in [-0.2, -0.15) is 0 Å². The van der Waals surface area contributed by atoms with Crippen LogP contribution in [0, 0.1) is 5.82 Å². The molecule has 0 atom stereocenters. The monoisotopic (exact) mass is 407 g/mol. The van der Waals surface area contributed by atoms with Crippen molar-refractivity contribution < 1.29 is 13.9 Å². The number of carbonyl (C=O) groups is 1. The van der Waals surface area contributed by atoms with E-state index in [-0.39, 0.29) is 18.1 Å². The van der Waals surface area contributed by atoms with Gasteiger partial charge in [0.2, 0.25) is 5.91 Å². The Morgan fingerprint density at radius 1 is 1.07 bits per heavy atom. The van der Waals surface area contributed by atoms with Crippen molar-refractivity contribution in [3.63, 3.8) is 0 Å². The van der Waals surface area contributed by atoms with E-state index in [9.17, 15) is 9.18 Å². The fourth-order valence-electron chi connectivity index (χ4n) is 2.94. The number of halogens is 1. The quantitative estimate of drug-likeness (QED) is 0.468. The van der Waals surface area contributed by atoms with E-state index in [4.69, 9.17) is 4.74 Å². The summed E-state index contributed by atoms with van der Waals surface area (Å²) in [5, 5.41) is 0.608. The summed E-state index contributed by atoms with van der Waals surface area (Å²) in [6.45, 7) is 0.375. The number of ether oxygens (including phenoxy) is 1. The first-order chi connectivity index (χ1) is 14.1. The lowest BCUT2D eigenvalue weighted by Crippen LogP contribution is -2.31. The number of benzene rings is 2. The topological polar surface area (TPSA) is 55.3 Å². The van der Waals surface area contributed by atoms with E-state index in [1.165, 1.54) is 23.5 Å². The molecule has 1 amide bonds. The molecule has 2 aromatic heterocycles. The molecule has 0 unspecified atom stereocenters. The van der Waals surface area contributed by atoms with Gasteiger partial charge in [-0.25, -0.2) is 9.37 Å². The van der Waals surface area contributed by atoms with Crippen LogP contribution < -0.4 is 9.64 Å². The standard InChI is InChI=1S/C22H18FN3O2S/c1-28-18-6-7-19-20(13-18)29-22(25-19)26(14-16-8-10-24-11-9-16)21(27)12-15-2-4-17(23)5-3-15/h2-11,13H,12,14H2,1H3. The van der Waals surface area contributed by atoms with Crippen LogP contribution in [0.4, 0.5) is 9.52 Å². The van der Waals surface area contributed by atoms with Gasteiger partial charge < -0.3 is 4.74 Å². The van der Waals surface area contributed by atoms with E-state index in [1.807, 2.05) is 30.3 Å². The zero-order valence-corrected chi connectivity index (χ0v) is 16.5. The first-order valence-electron chi connectivity index (χ1n) is 9.00. The molecule has 5 nitrogen and oxygen atoms in total. The summed E-state index contributed by atoms with van der Waals surface area (Å²) >= 11 is 1.43. The molecule has 0 saturated heterocycles. The van der Waals surface area contributed by atoms with Gasteiger partial charge in [0.1, 0.15) is 11.6 Å². The molecule has 0 spiro atoms. The molecule has 0 radical (unpaired) electrons. The van der Waals surface area contributed by atoms with Crippen molar-refractivity contribution in [3.05, 3.63) is 83.9 Å². The highest BCUT2D eigenvalue weighted by Crippen LogP contribution is 2.32. The normalized spacial score (nSPS) is 10.8. The van der Waals surface area contributed by atoms with Gasteiger partial charge >= 0.3 is 0 Å². The van der Waals surface area contributed by atoms with Crippen molar-refractivity contribution in [2.24, 2.45) is 0 Å². The van der Waals surface area contributed by atoms with E-state index >= 15 is 0 Å². The van der Waals surface area contributed by atoms with Gasteiger partial charge in [0.05, 0.1) is 30.3 Å². The number of aromatic nitrogens is 2. The molecule has 0 aliphatic carbocycles. The number of methoxy groups -OCH3 is 1. The molecule has 146 valence electrons. The van der Waals surface area contributed by atoms with Crippen molar-refractivity contribution >= 4 is 32.6 Å². The Kier molecular flexibility index (Phi) is 5.48. The molecule has 0 N–H and O–H groups in total. The Balaban J connectivity index is 1.67. The van der Waals surface area contributed by atoms with Crippen LogP contribution in [0.1, 0.15) is 11.1 Å². The van der Waals surface area contributed by atoms with Crippen molar-refractivity contribution in [2.75, 3.05) is 12.0 Å². The molecular weight excluding hydrogens is 389 g/mol. The number of anilines is 1. The number of thiazole rings is 1. The third-order valence-corrected chi connectivity index (χ3v) is 5.52. The van der Waals surface area contributed by atoms with E-state index in [0.29, 0.717) is 11.7 Å². The number of pyridine rings is 1. The predicted molar refractivity (Wildman–Crippen MR) is 112 cm³/mol. The first-order valence-corrected chi connectivity index (χ1v) is 9.82. The minimum Gasteiger partial charge on any atom is -0.497 e. The second-order valence-electron chi connectivity index (χ2n) is 6.47. The molecule has 4 aromatic rings. The third-order valence-electron chi connectivity index (χ3n) is 4.47. The smallest absolute Gasteiger partial charge is 0.233 e. The summed E-state index contributed by atoms with van der Waals surface area (Å²) in [7, 11) is 1.62. The lowest BCUT2D eigenvalue weighted by molar-refractivity contribution is -0.118. The lowest BCUT2D eigenvalue weighted by atomic mass is 10.1. The molecule has 29 heavy (non-hydrogen) atoms. The van der Waals surface area contributed by atoms with Crippen molar-refractivity contribution in [3.8, 4) is 5.75 Å². The molecule has 0 fully saturated rings. The van der Waals surface area contributed by atoms with Gasteiger partial charge in [-0.1, -0.05) is 23.5 Å². The molecule has 0 saturated carbocycles. The van der Waals surface area contributed by atoms with Crippen molar-refractivity contribution in [2.45, 2.75) is 13.0 Å². The van der Waals surface area contributed by atoms with Gasteiger partial charge in [-0.05, 0) is 53.6 Å². The Morgan fingerprint density at radius 3 is 2.55 bits per heavy atom. The molecule has 4 rings (SSSR count). The van der Waals surface area contributed by atoms with E-state index in [2.05, 4.69) is 9.97 Å². The molecule has 0 aliphatic rings. The maximum Gasteiger partial charge on any atom is 0.233 e. The number of hydrogen-bond donors (Lipinski definition) is 0. The third kappa shape index (κ3) is 4.41. The fourth-order valence-corrected chi connectivity index (χ4v) is 3.95. The number of carbonyl (C=O) groups excluding carboxylic acids is 1. The minimum atomic E-state index is -0.324. The second kappa shape index (κ2) is 8.36. The number of nitrogens with zero attached hydrogens (tertiary/aromatic N) is 3. The van der Waals surface area contributed by atoms with Gasteiger partial charge in [0, 0.05) is 12.4 Å². The Labute approximate surface area is 171 Å². The van der Waals surface area contributed by atoms with Crippen LogP contribution in [0.5, 0.6) is 5.75 Å². The highest BCUT2D eigenvalue weighted by atomic mass is 32.1. The average Bonchev–Trinajstić information content (AvgIpc) is 3.17. The summed E-state index contributed by atoms with van der Waals surface area (Å²) in [5.41, 5.74) is 2.50. The van der Waals surface area contributed by atoms with Crippen LogP contribution in [0.15, 0.2) is 67.0 Å². The number of amides is 1. The fraction of sp³-hybridized carbons (Fsp3) is 0.136. The number of hydrogen-bond acceptors (Lipinski definition) is 5. The number of fused-ring (bicyclic) bond motifs is 1. The van der Waals surface area contributed by atoms with Gasteiger partial charge in [-0.15, -0.1) is 0 Å². The van der Waals surface area contributed by atoms with Gasteiger partial charge in [-0.3, -0.25) is 14.7 Å². The van der Waals surface area contributed by atoms with E-state index in [0.717, 1.165) is 27.1 Å². The SMILES string of the molecule is COc1ccc2nc(N(Cc3ccncc3)C(=O)Cc3ccc(F)cc3)sc2c1. The first kappa shape index (κ1) is 19.0. The molecular formula is C22H18FN3O2S.